The van der Waals surface area contributed by atoms with E-state index in [1.165, 1.54) is 12.0 Å². The Morgan fingerprint density at radius 3 is 2.73 bits per heavy atom. The number of carbonyl (C=O) groups excluding carboxylic acids is 1. The van der Waals surface area contributed by atoms with E-state index >= 15 is 0 Å². The van der Waals surface area contributed by atoms with Gasteiger partial charge in [0.25, 0.3) is 0 Å². The van der Waals surface area contributed by atoms with Gasteiger partial charge in [-0.2, -0.15) is 0 Å². The van der Waals surface area contributed by atoms with E-state index in [2.05, 4.69) is 0 Å². The molecule has 0 aliphatic rings. The molecule has 82 valence electrons. The Hall–Kier alpha value is -1.55. The molecule has 1 amide bonds. The number of rotatable bonds is 4. The molecule has 0 fully saturated rings. The number of amides is 1. The van der Waals surface area contributed by atoms with Crippen LogP contribution in [0, 0.1) is 0 Å². The monoisotopic (exact) mass is 209 g/mol. The fraction of sp³-hybridized carbons (Fsp3) is 0.364. The van der Waals surface area contributed by atoms with Gasteiger partial charge in [-0.05, 0) is 6.07 Å². The third-order valence-corrected chi connectivity index (χ3v) is 2.09. The molecular formula is C11H15NO3. The molecule has 0 bridgehead atoms. The van der Waals surface area contributed by atoms with Gasteiger partial charge in [0.05, 0.1) is 0 Å². The molecule has 1 aromatic rings. The van der Waals surface area contributed by atoms with Crippen LogP contribution in [0.15, 0.2) is 24.3 Å². The minimum atomic E-state index is -0.110. The highest BCUT2D eigenvalue weighted by molar-refractivity contribution is 5.77. The van der Waals surface area contributed by atoms with Crippen molar-refractivity contribution in [1.29, 1.82) is 0 Å². The van der Waals surface area contributed by atoms with Gasteiger partial charge >= 0.3 is 0 Å². The summed E-state index contributed by atoms with van der Waals surface area (Å²) in [4.78, 5) is 12.9. The lowest BCUT2D eigenvalue weighted by molar-refractivity contribution is -0.134. The largest absolute Gasteiger partial charge is 0.508 e. The molecule has 15 heavy (non-hydrogen) atoms. The zero-order valence-corrected chi connectivity index (χ0v) is 8.93. The average Bonchev–Trinajstić information content (AvgIpc) is 2.21. The molecule has 0 atom stereocenters. The number of methoxy groups -OCH3 is 1. The van der Waals surface area contributed by atoms with E-state index in [0.717, 1.165) is 5.56 Å². The van der Waals surface area contributed by atoms with Crippen molar-refractivity contribution in [2.45, 2.75) is 6.54 Å². The van der Waals surface area contributed by atoms with Crippen molar-refractivity contribution >= 4 is 5.91 Å². The summed E-state index contributed by atoms with van der Waals surface area (Å²) in [5, 5.41) is 9.50. The van der Waals surface area contributed by atoms with Crippen molar-refractivity contribution in [1.82, 2.24) is 4.90 Å². The lowest BCUT2D eigenvalue weighted by atomic mass is 10.2. The Kier molecular flexibility index (Phi) is 4.12. The molecule has 0 heterocycles. The molecule has 0 saturated carbocycles. The van der Waals surface area contributed by atoms with Crippen LogP contribution in [0.1, 0.15) is 5.56 Å². The molecule has 0 unspecified atom stereocenters. The first-order valence-electron chi connectivity index (χ1n) is 4.65. The second-order valence-electron chi connectivity index (χ2n) is 3.31. The van der Waals surface area contributed by atoms with Gasteiger partial charge in [0.2, 0.25) is 5.91 Å². The summed E-state index contributed by atoms with van der Waals surface area (Å²) in [6.07, 6.45) is 0. The highest BCUT2D eigenvalue weighted by atomic mass is 16.5. The number of phenolic OH excluding ortho intramolecular Hbond substituents is 1. The smallest absolute Gasteiger partial charge is 0.248 e. The van der Waals surface area contributed by atoms with Crippen LogP contribution in [0.2, 0.25) is 0 Å². The van der Waals surface area contributed by atoms with Crippen molar-refractivity contribution < 1.29 is 14.6 Å². The van der Waals surface area contributed by atoms with E-state index in [0.29, 0.717) is 6.54 Å². The fourth-order valence-electron chi connectivity index (χ4n) is 1.22. The van der Waals surface area contributed by atoms with E-state index in [1.807, 2.05) is 6.07 Å². The first kappa shape index (κ1) is 11.5. The summed E-state index contributed by atoms with van der Waals surface area (Å²) in [5.41, 5.74) is 0.726. The van der Waals surface area contributed by atoms with Crippen LogP contribution >= 0.6 is 0 Å². The molecular weight excluding hydrogens is 194 g/mol. The van der Waals surface area contributed by atoms with Gasteiger partial charge in [-0.15, -0.1) is 0 Å². The predicted octanol–water partition coefficient (Wildman–Crippen LogP) is 0.997. The van der Waals surface area contributed by atoms with Gasteiger partial charge in [-0.25, -0.2) is 0 Å². The van der Waals surface area contributed by atoms with E-state index in [9.17, 15) is 9.90 Å². The maximum Gasteiger partial charge on any atom is 0.248 e. The van der Waals surface area contributed by atoms with Crippen molar-refractivity contribution in [3.05, 3.63) is 29.8 Å². The van der Waals surface area contributed by atoms with Gasteiger partial charge in [0.15, 0.2) is 0 Å². The summed E-state index contributed by atoms with van der Waals surface area (Å²) in [7, 11) is 3.15. The first-order chi connectivity index (χ1) is 7.15. The minimum Gasteiger partial charge on any atom is -0.508 e. The first-order valence-corrected chi connectivity index (χ1v) is 4.65. The standard InChI is InChI=1S/C11H15NO3/c1-12(11(14)8-15-2)7-9-5-3-4-6-10(9)13/h3-6,13H,7-8H2,1-2H3. The van der Waals surface area contributed by atoms with E-state index in [1.54, 1.807) is 25.2 Å². The number of para-hydroxylation sites is 1. The highest BCUT2D eigenvalue weighted by Crippen LogP contribution is 2.16. The summed E-state index contributed by atoms with van der Waals surface area (Å²) < 4.78 is 4.74. The number of benzene rings is 1. The second kappa shape index (κ2) is 5.36. The fourth-order valence-corrected chi connectivity index (χ4v) is 1.22. The maximum atomic E-state index is 11.4. The zero-order chi connectivity index (χ0) is 11.3. The molecule has 1 rings (SSSR count). The van der Waals surface area contributed by atoms with Gasteiger partial charge in [-0.1, -0.05) is 18.2 Å². The third-order valence-electron chi connectivity index (χ3n) is 2.09. The summed E-state index contributed by atoms with van der Waals surface area (Å²) >= 11 is 0. The minimum absolute atomic E-state index is 0.0596. The van der Waals surface area contributed by atoms with Gasteiger partial charge in [-0.3, -0.25) is 4.79 Å². The van der Waals surface area contributed by atoms with Crippen molar-refractivity contribution in [3.63, 3.8) is 0 Å². The molecule has 1 aromatic carbocycles. The van der Waals surface area contributed by atoms with E-state index in [4.69, 9.17) is 4.74 Å². The average molecular weight is 209 g/mol. The number of ether oxygens (including phenoxy) is 1. The quantitative estimate of drug-likeness (QED) is 0.804. The molecule has 0 radical (unpaired) electrons. The third kappa shape index (κ3) is 3.25. The van der Waals surface area contributed by atoms with Crippen LogP contribution in [0.4, 0.5) is 0 Å². The Bertz CT molecular complexity index is 338. The lowest BCUT2D eigenvalue weighted by Crippen LogP contribution is -2.29. The van der Waals surface area contributed by atoms with Gasteiger partial charge < -0.3 is 14.7 Å². The summed E-state index contributed by atoms with van der Waals surface area (Å²) in [6.45, 7) is 0.443. The molecule has 1 N–H and O–H groups in total. The molecule has 4 nitrogen and oxygen atoms in total. The van der Waals surface area contributed by atoms with Gasteiger partial charge in [0, 0.05) is 26.3 Å². The molecule has 0 saturated heterocycles. The number of aromatic hydroxyl groups is 1. The number of phenols is 1. The molecule has 0 aliphatic carbocycles. The Balaban J connectivity index is 2.62. The SMILES string of the molecule is COCC(=O)N(C)Cc1ccccc1O. The summed E-state index contributed by atoms with van der Waals surface area (Å²) in [5.74, 6) is 0.0929. The van der Waals surface area contributed by atoms with Crippen LogP contribution in [-0.4, -0.2) is 36.7 Å². The van der Waals surface area contributed by atoms with Crippen LogP contribution in [0.5, 0.6) is 5.75 Å². The number of carbonyl (C=O) groups is 1. The molecule has 4 heteroatoms. The number of hydrogen-bond acceptors (Lipinski definition) is 3. The lowest BCUT2D eigenvalue weighted by Gasteiger charge is -2.17. The number of likely N-dealkylation sites (N-methyl/N-ethyl adjacent to an activating group) is 1. The Morgan fingerprint density at radius 2 is 2.13 bits per heavy atom. The summed E-state index contributed by atoms with van der Waals surface area (Å²) in [6, 6.07) is 6.95. The maximum absolute atomic E-state index is 11.4. The number of nitrogens with zero attached hydrogens (tertiary/aromatic N) is 1. The predicted molar refractivity (Wildman–Crippen MR) is 56.5 cm³/mol. The van der Waals surface area contributed by atoms with Crippen molar-refractivity contribution in [2.75, 3.05) is 20.8 Å². The van der Waals surface area contributed by atoms with Crippen LogP contribution in [-0.2, 0) is 16.1 Å². The molecule has 0 spiro atoms. The normalized spacial score (nSPS) is 10.0. The van der Waals surface area contributed by atoms with Gasteiger partial charge in [0.1, 0.15) is 12.4 Å². The van der Waals surface area contributed by atoms with Crippen LogP contribution < -0.4 is 0 Å². The van der Waals surface area contributed by atoms with Crippen LogP contribution in [0.3, 0.4) is 0 Å². The highest BCUT2D eigenvalue weighted by Gasteiger charge is 2.10. The van der Waals surface area contributed by atoms with E-state index < -0.39 is 0 Å². The zero-order valence-electron chi connectivity index (χ0n) is 8.93. The van der Waals surface area contributed by atoms with Crippen LogP contribution in [0.25, 0.3) is 0 Å². The Labute approximate surface area is 89.1 Å². The number of hydrogen-bond donors (Lipinski definition) is 1. The molecule has 0 aromatic heterocycles. The molecule has 0 aliphatic heterocycles. The second-order valence-corrected chi connectivity index (χ2v) is 3.31. The van der Waals surface area contributed by atoms with Crippen molar-refractivity contribution in [2.24, 2.45) is 0 Å². The Morgan fingerprint density at radius 1 is 1.47 bits per heavy atom. The topological polar surface area (TPSA) is 49.8 Å². The van der Waals surface area contributed by atoms with Crippen molar-refractivity contribution in [3.8, 4) is 5.75 Å². The van der Waals surface area contributed by atoms with E-state index in [-0.39, 0.29) is 18.3 Å².